The van der Waals surface area contributed by atoms with E-state index in [0.29, 0.717) is 29.1 Å². The van der Waals surface area contributed by atoms with Gasteiger partial charge in [-0.15, -0.1) is 10.2 Å². The highest BCUT2D eigenvalue weighted by Crippen LogP contribution is 2.38. The van der Waals surface area contributed by atoms with Crippen LogP contribution in [0.1, 0.15) is 77.2 Å². The summed E-state index contributed by atoms with van der Waals surface area (Å²) in [5, 5.41) is 17.4. The second kappa shape index (κ2) is 11.5. The zero-order chi connectivity index (χ0) is 31.3. The number of carbonyl (C=O) groups is 1. The zero-order valence-corrected chi connectivity index (χ0v) is 25.6. The number of aliphatic carboxylic acids is 1. The van der Waals surface area contributed by atoms with E-state index in [9.17, 15) is 27.1 Å². The van der Waals surface area contributed by atoms with E-state index in [1.807, 2.05) is 32.0 Å². The molecule has 2 aliphatic heterocycles. The number of fused-ring (bicyclic) bond motifs is 4. The minimum atomic E-state index is -3.90. The van der Waals surface area contributed by atoms with Gasteiger partial charge in [0, 0.05) is 44.0 Å². The van der Waals surface area contributed by atoms with Crippen molar-refractivity contribution in [3.8, 4) is 0 Å². The van der Waals surface area contributed by atoms with Gasteiger partial charge in [-0.25, -0.2) is 22.2 Å². The third kappa shape index (κ3) is 5.32. The highest BCUT2D eigenvalue weighted by molar-refractivity contribution is 7.89. The van der Waals surface area contributed by atoms with E-state index in [0.717, 1.165) is 42.5 Å². The van der Waals surface area contributed by atoms with Crippen molar-refractivity contribution in [2.45, 2.75) is 76.3 Å². The van der Waals surface area contributed by atoms with E-state index in [-0.39, 0.29) is 29.6 Å². The van der Waals surface area contributed by atoms with Crippen LogP contribution in [-0.2, 0) is 21.4 Å². The summed E-state index contributed by atoms with van der Waals surface area (Å²) in [7, 11) is -3.90. The van der Waals surface area contributed by atoms with Gasteiger partial charge in [0.2, 0.25) is 15.8 Å². The highest BCUT2D eigenvalue weighted by atomic mass is 32.2. The number of aryl methyl sites for hydroxylation is 3. The number of sulfonamides is 1. The van der Waals surface area contributed by atoms with Crippen molar-refractivity contribution in [3.63, 3.8) is 0 Å². The van der Waals surface area contributed by atoms with Crippen molar-refractivity contribution in [2.75, 3.05) is 18.0 Å². The molecule has 2 atom stereocenters. The van der Waals surface area contributed by atoms with Gasteiger partial charge in [0.15, 0.2) is 5.65 Å². The van der Waals surface area contributed by atoms with Crippen molar-refractivity contribution in [2.24, 2.45) is 0 Å². The number of hydrogen-bond acceptors (Lipinski definition) is 7. The summed E-state index contributed by atoms with van der Waals surface area (Å²) in [5.41, 5.74) is 4.48. The molecule has 6 rings (SSSR count). The van der Waals surface area contributed by atoms with Gasteiger partial charge < -0.3 is 10.0 Å². The Hall–Kier alpha value is -3.97. The molecule has 1 aromatic carbocycles. The number of rotatable bonds is 7. The lowest BCUT2D eigenvalue weighted by atomic mass is 9.85. The number of hydrogen-bond donors (Lipinski definition) is 1. The number of alkyl halides is 2. The molecule has 0 bridgehead atoms. The first-order valence-corrected chi connectivity index (χ1v) is 16.1. The average Bonchev–Trinajstić information content (AvgIpc) is 3.40. The molecule has 1 N–H and O–H groups in total. The number of carboxylic acid groups (broad SMARTS) is 1. The molecule has 44 heavy (non-hydrogen) atoms. The molecule has 0 spiro atoms. The van der Waals surface area contributed by atoms with Crippen LogP contribution in [0.4, 0.5) is 14.6 Å². The van der Waals surface area contributed by atoms with Crippen molar-refractivity contribution in [3.05, 3.63) is 81.9 Å². The lowest BCUT2D eigenvalue weighted by Crippen LogP contribution is -2.45. The number of benzene rings is 1. The second-order valence-corrected chi connectivity index (χ2v) is 13.7. The first kappa shape index (κ1) is 30.1. The SMILES string of the molecule is Cc1cnc2c(c1)S(=O)(=O)N(Cc1cc([C@@H](CC(=O)O)c3ccn4c(C(F)F)nnc4c3C)ccc1C)C[C@@H]1CCCCN21. The minimum Gasteiger partial charge on any atom is -0.481 e. The number of nitrogens with zero attached hydrogens (tertiary/aromatic N) is 6. The Morgan fingerprint density at radius 1 is 1.11 bits per heavy atom. The van der Waals surface area contributed by atoms with Crippen LogP contribution in [0.5, 0.6) is 0 Å². The van der Waals surface area contributed by atoms with Gasteiger partial charge in [-0.3, -0.25) is 9.20 Å². The lowest BCUT2D eigenvalue weighted by Gasteiger charge is -2.36. The standard InChI is InChI=1S/C31H34F2N6O4S/c1-18-12-26-30(34-15-18)38-10-5-4-6-23(38)17-37(44(26,42)43)16-22-13-21(8-7-19(22)2)25(14-27(40)41)24-9-11-39-29(20(24)3)35-36-31(39)28(32)33/h7-9,11-13,15,23,25,28H,4-6,10,14,16-17H2,1-3H3,(H,40,41)/t23-,25+/m0/s1. The summed E-state index contributed by atoms with van der Waals surface area (Å²) in [5.74, 6) is -1.64. The third-order valence-electron chi connectivity index (χ3n) is 8.87. The van der Waals surface area contributed by atoms with E-state index in [2.05, 4.69) is 20.1 Å². The lowest BCUT2D eigenvalue weighted by molar-refractivity contribution is -0.137. The molecule has 232 valence electrons. The second-order valence-electron chi connectivity index (χ2n) is 11.8. The maximum Gasteiger partial charge on any atom is 0.304 e. The molecule has 1 saturated heterocycles. The van der Waals surface area contributed by atoms with E-state index in [1.165, 1.54) is 14.9 Å². The summed E-state index contributed by atoms with van der Waals surface area (Å²) >= 11 is 0. The normalized spacial score (nSPS) is 19.0. The molecular formula is C31H34F2N6O4S. The van der Waals surface area contributed by atoms with Gasteiger partial charge in [0.05, 0.1) is 6.42 Å². The molecule has 0 unspecified atom stereocenters. The molecule has 0 saturated carbocycles. The first-order valence-electron chi connectivity index (χ1n) is 14.6. The monoisotopic (exact) mass is 624 g/mol. The fourth-order valence-corrected chi connectivity index (χ4v) is 8.21. The summed E-state index contributed by atoms with van der Waals surface area (Å²) in [6.45, 7) is 6.62. The molecule has 13 heteroatoms. The fraction of sp³-hybridized carbons (Fsp3) is 0.419. The van der Waals surface area contributed by atoms with Crippen LogP contribution in [0.15, 0.2) is 47.6 Å². The van der Waals surface area contributed by atoms with Gasteiger partial charge in [-0.1, -0.05) is 18.2 Å². The molecule has 0 aliphatic carbocycles. The Morgan fingerprint density at radius 2 is 1.91 bits per heavy atom. The van der Waals surface area contributed by atoms with Crippen LogP contribution in [0.3, 0.4) is 0 Å². The molecule has 10 nitrogen and oxygen atoms in total. The molecule has 0 radical (unpaired) electrons. The summed E-state index contributed by atoms with van der Waals surface area (Å²) in [6.07, 6.45) is 2.92. The Balaban J connectivity index is 1.40. The van der Waals surface area contributed by atoms with Crippen LogP contribution < -0.4 is 4.90 Å². The smallest absolute Gasteiger partial charge is 0.304 e. The van der Waals surface area contributed by atoms with Crippen LogP contribution in [0, 0.1) is 20.8 Å². The summed E-state index contributed by atoms with van der Waals surface area (Å²) in [4.78, 5) is 19.0. The molecule has 5 heterocycles. The maximum absolute atomic E-state index is 14.2. The van der Waals surface area contributed by atoms with Crippen molar-refractivity contribution >= 4 is 27.5 Å². The molecule has 2 aliphatic rings. The Morgan fingerprint density at radius 3 is 2.66 bits per heavy atom. The zero-order valence-electron chi connectivity index (χ0n) is 24.7. The number of pyridine rings is 2. The van der Waals surface area contributed by atoms with E-state index in [1.54, 1.807) is 25.3 Å². The van der Waals surface area contributed by atoms with E-state index < -0.39 is 34.2 Å². The Bertz CT molecular complexity index is 1860. The van der Waals surface area contributed by atoms with Crippen molar-refractivity contribution < 1.29 is 27.1 Å². The maximum atomic E-state index is 14.2. The van der Waals surface area contributed by atoms with Gasteiger partial charge >= 0.3 is 5.97 Å². The largest absolute Gasteiger partial charge is 0.481 e. The quantitative estimate of drug-likeness (QED) is 0.300. The number of piperidine rings is 1. The Labute approximate surface area is 254 Å². The average molecular weight is 625 g/mol. The molecule has 1 fully saturated rings. The summed E-state index contributed by atoms with van der Waals surface area (Å²) in [6, 6.07) is 8.90. The van der Waals surface area contributed by atoms with Gasteiger partial charge in [0.1, 0.15) is 10.7 Å². The Kier molecular flexibility index (Phi) is 7.87. The van der Waals surface area contributed by atoms with Gasteiger partial charge in [-0.05, 0) is 85.5 Å². The molecule has 4 aromatic rings. The predicted molar refractivity (Wildman–Crippen MR) is 160 cm³/mol. The minimum absolute atomic E-state index is 0.00566. The van der Waals surface area contributed by atoms with Gasteiger partial charge in [-0.2, -0.15) is 4.31 Å². The number of anilines is 1. The van der Waals surface area contributed by atoms with Crippen LogP contribution in [0.2, 0.25) is 0 Å². The van der Waals surface area contributed by atoms with E-state index >= 15 is 0 Å². The topological polar surface area (TPSA) is 121 Å². The number of carboxylic acids is 1. The van der Waals surface area contributed by atoms with Crippen molar-refractivity contribution in [1.82, 2.24) is 23.9 Å². The number of halogens is 2. The third-order valence-corrected chi connectivity index (χ3v) is 10.7. The first-order chi connectivity index (χ1) is 21.0. The fourth-order valence-electron chi connectivity index (χ4n) is 6.52. The number of aromatic nitrogens is 4. The predicted octanol–water partition coefficient (Wildman–Crippen LogP) is 5.16. The van der Waals surface area contributed by atoms with E-state index in [4.69, 9.17) is 0 Å². The molecule has 3 aromatic heterocycles. The molecular weight excluding hydrogens is 590 g/mol. The van der Waals surface area contributed by atoms with Crippen LogP contribution in [0.25, 0.3) is 5.65 Å². The van der Waals surface area contributed by atoms with Crippen molar-refractivity contribution in [1.29, 1.82) is 0 Å². The highest BCUT2D eigenvalue weighted by Gasteiger charge is 2.39. The summed E-state index contributed by atoms with van der Waals surface area (Å²) < 4.78 is 58.0. The van der Waals surface area contributed by atoms with Gasteiger partial charge in [0.25, 0.3) is 6.43 Å². The molecule has 0 amide bonds. The van der Waals surface area contributed by atoms with Crippen LogP contribution in [-0.4, -0.2) is 62.5 Å². The van der Waals surface area contributed by atoms with Crippen LogP contribution >= 0.6 is 0 Å².